The van der Waals surface area contributed by atoms with Gasteiger partial charge in [0.15, 0.2) is 0 Å². The smallest absolute Gasteiger partial charge is 0.332 e. The van der Waals surface area contributed by atoms with E-state index >= 15 is 0 Å². The molecule has 2 aromatic rings. The van der Waals surface area contributed by atoms with Gasteiger partial charge in [-0.05, 0) is 36.4 Å². The van der Waals surface area contributed by atoms with E-state index in [1.807, 2.05) is 49.8 Å². The van der Waals surface area contributed by atoms with Crippen LogP contribution < -0.4 is 0 Å². The molecule has 0 aliphatic rings. The molecule has 0 aliphatic heterocycles. The third-order valence-corrected chi connectivity index (χ3v) is 4.30. The molecule has 0 radical (unpaired) electrons. The van der Waals surface area contributed by atoms with E-state index in [0.29, 0.717) is 13.2 Å². The highest BCUT2D eigenvalue weighted by Gasteiger charge is 2.24. The van der Waals surface area contributed by atoms with Gasteiger partial charge in [-0.25, -0.2) is 0 Å². The molecule has 0 aromatic carbocycles. The van der Waals surface area contributed by atoms with E-state index in [9.17, 15) is 0 Å². The van der Waals surface area contributed by atoms with Crippen molar-refractivity contribution in [3.05, 3.63) is 60.2 Å². The Morgan fingerprint density at radius 3 is 1.74 bits per heavy atom. The van der Waals surface area contributed by atoms with Crippen LogP contribution in [0.5, 0.6) is 0 Å². The molecule has 0 unspecified atom stereocenters. The summed E-state index contributed by atoms with van der Waals surface area (Å²) < 4.78 is 11.8. The van der Waals surface area contributed by atoms with Crippen molar-refractivity contribution in [2.45, 2.75) is 26.3 Å². The van der Waals surface area contributed by atoms with Crippen LogP contribution in [0, 0.1) is 0 Å². The number of hydrogen-bond donors (Lipinski definition) is 0. The van der Waals surface area contributed by atoms with E-state index < -0.39 is 8.56 Å². The summed E-state index contributed by atoms with van der Waals surface area (Å²) in [4.78, 5) is 8.13. The quantitative estimate of drug-likeness (QED) is 0.760. The molecule has 0 fully saturated rings. The SMILES string of the molecule is C[Si](C)(OCc1cccnc1)OCc1cccnc1. The maximum atomic E-state index is 5.89. The van der Waals surface area contributed by atoms with Crippen molar-refractivity contribution in [2.24, 2.45) is 0 Å². The molecule has 0 spiro atoms. The number of pyridine rings is 2. The highest BCUT2D eigenvalue weighted by molar-refractivity contribution is 6.64. The Bertz CT molecular complexity index is 446. The van der Waals surface area contributed by atoms with E-state index in [1.54, 1.807) is 12.4 Å². The van der Waals surface area contributed by atoms with Gasteiger partial charge in [-0.3, -0.25) is 9.97 Å². The molecule has 2 rings (SSSR count). The maximum Gasteiger partial charge on any atom is 0.332 e. The van der Waals surface area contributed by atoms with Crippen LogP contribution in [0.25, 0.3) is 0 Å². The third kappa shape index (κ3) is 4.90. The Balaban J connectivity index is 1.82. The summed E-state index contributed by atoms with van der Waals surface area (Å²) >= 11 is 0. The Morgan fingerprint density at radius 1 is 0.895 bits per heavy atom. The topological polar surface area (TPSA) is 44.2 Å². The molecule has 5 heteroatoms. The van der Waals surface area contributed by atoms with Gasteiger partial charge in [-0.2, -0.15) is 0 Å². The first-order valence-corrected chi connectivity index (χ1v) is 9.03. The molecule has 2 aromatic heterocycles. The standard InChI is InChI=1S/C14H18N2O2Si/c1-19(2,17-11-13-5-3-7-15-9-13)18-12-14-6-4-8-16-10-14/h3-10H,11-12H2,1-2H3. The van der Waals surface area contributed by atoms with Crippen molar-refractivity contribution in [1.82, 2.24) is 9.97 Å². The fourth-order valence-electron chi connectivity index (χ4n) is 1.52. The van der Waals surface area contributed by atoms with Crippen LogP contribution in [0.4, 0.5) is 0 Å². The Labute approximate surface area is 114 Å². The summed E-state index contributed by atoms with van der Waals surface area (Å²) in [6, 6.07) is 7.81. The van der Waals surface area contributed by atoms with E-state index in [1.165, 1.54) is 0 Å². The van der Waals surface area contributed by atoms with Crippen LogP contribution in [0.3, 0.4) is 0 Å². The van der Waals surface area contributed by atoms with Crippen molar-refractivity contribution >= 4 is 8.56 Å². The van der Waals surface area contributed by atoms with Gasteiger partial charge in [0.05, 0.1) is 13.2 Å². The van der Waals surface area contributed by atoms with Crippen LogP contribution in [-0.2, 0) is 22.1 Å². The minimum Gasteiger partial charge on any atom is -0.390 e. The van der Waals surface area contributed by atoms with Crippen molar-refractivity contribution in [1.29, 1.82) is 0 Å². The zero-order valence-corrected chi connectivity index (χ0v) is 12.2. The molecule has 4 nitrogen and oxygen atoms in total. The fraction of sp³-hybridized carbons (Fsp3) is 0.286. The first-order chi connectivity index (χ1) is 9.16. The molecule has 0 saturated carbocycles. The molecular weight excluding hydrogens is 256 g/mol. The molecular formula is C14H18N2O2Si. The fourth-order valence-corrected chi connectivity index (χ4v) is 2.63. The molecule has 0 saturated heterocycles. The summed E-state index contributed by atoms with van der Waals surface area (Å²) in [7, 11) is -2.12. The van der Waals surface area contributed by atoms with Gasteiger partial charge in [0.25, 0.3) is 0 Å². The van der Waals surface area contributed by atoms with Crippen LogP contribution in [0.2, 0.25) is 13.1 Å². The average Bonchev–Trinajstić information content (AvgIpc) is 2.46. The predicted octanol–water partition coefficient (Wildman–Crippen LogP) is 2.91. The summed E-state index contributed by atoms with van der Waals surface area (Å²) in [6.45, 7) is 5.17. The number of hydrogen-bond acceptors (Lipinski definition) is 4. The minimum atomic E-state index is -2.12. The Morgan fingerprint density at radius 2 is 1.37 bits per heavy atom. The van der Waals surface area contributed by atoms with Crippen LogP contribution in [0.1, 0.15) is 11.1 Å². The summed E-state index contributed by atoms with van der Waals surface area (Å²) in [5.41, 5.74) is 2.13. The normalized spacial score (nSPS) is 11.5. The molecule has 0 atom stereocenters. The second-order valence-electron chi connectivity index (χ2n) is 4.70. The summed E-state index contributed by atoms with van der Waals surface area (Å²) in [5, 5.41) is 0. The van der Waals surface area contributed by atoms with Gasteiger partial charge >= 0.3 is 8.56 Å². The summed E-state index contributed by atoms with van der Waals surface area (Å²) in [5.74, 6) is 0. The number of nitrogens with zero attached hydrogens (tertiary/aromatic N) is 2. The lowest BCUT2D eigenvalue weighted by atomic mass is 10.3. The molecule has 0 amide bonds. The second kappa shape index (κ2) is 6.56. The molecule has 0 bridgehead atoms. The second-order valence-corrected chi connectivity index (χ2v) is 8.08. The van der Waals surface area contributed by atoms with Crippen molar-refractivity contribution < 1.29 is 8.85 Å². The van der Waals surface area contributed by atoms with Crippen LogP contribution >= 0.6 is 0 Å². The molecule has 2 heterocycles. The zero-order chi connectivity index (χ0) is 13.6. The van der Waals surface area contributed by atoms with Gasteiger partial charge in [-0.1, -0.05) is 12.1 Å². The van der Waals surface area contributed by atoms with Crippen molar-refractivity contribution in [2.75, 3.05) is 0 Å². The maximum absolute atomic E-state index is 5.89. The van der Waals surface area contributed by atoms with Gasteiger partial charge < -0.3 is 8.85 Å². The average molecular weight is 274 g/mol. The third-order valence-electron chi connectivity index (χ3n) is 2.62. The van der Waals surface area contributed by atoms with E-state index in [-0.39, 0.29) is 0 Å². The lowest BCUT2D eigenvalue weighted by Crippen LogP contribution is -2.34. The number of aromatic nitrogens is 2. The van der Waals surface area contributed by atoms with Crippen LogP contribution in [0.15, 0.2) is 49.1 Å². The van der Waals surface area contributed by atoms with Crippen molar-refractivity contribution in [3.8, 4) is 0 Å². The first kappa shape index (κ1) is 13.9. The molecule has 19 heavy (non-hydrogen) atoms. The van der Waals surface area contributed by atoms with E-state index in [0.717, 1.165) is 11.1 Å². The minimum absolute atomic E-state index is 0.542. The number of rotatable bonds is 6. The largest absolute Gasteiger partial charge is 0.390 e. The first-order valence-electron chi connectivity index (χ1n) is 6.21. The lowest BCUT2D eigenvalue weighted by molar-refractivity contribution is 0.164. The van der Waals surface area contributed by atoms with Gasteiger partial charge in [0.2, 0.25) is 0 Å². The predicted molar refractivity (Wildman–Crippen MR) is 75.5 cm³/mol. The molecule has 0 N–H and O–H groups in total. The Kier molecular flexibility index (Phi) is 4.78. The zero-order valence-electron chi connectivity index (χ0n) is 11.2. The highest BCUT2D eigenvalue weighted by Crippen LogP contribution is 2.13. The molecule has 100 valence electrons. The van der Waals surface area contributed by atoms with E-state index in [2.05, 4.69) is 9.97 Å². The van der Waals surface area contributed by atoms with Gasteiger partial charge in [0, 0.05) is 24.8 Å². The molecule has 0 aliphatic carbocycles. The van der Waals surface area contributed by atoms with Crippen LogP contribution in [-0.4, -0.2) is 18.5 Å². The summed E-state index contributed by atoms with van der Waals surface area (Å²) in [6.07, 6.45) is 7.13. The highest BCUT2D eigenvalue weighted by atomic mass is 28.4. The van der Waals surface area contributed by atoms with E-state index in [4.69, 9.17) is 8.85 Å². The lowest BCUT2D eigenvalue weighted by Gasteiger charge is -2.22. The monoisotopic (exact) mass is 274 g/mol. The van der Waals surface area contributed by atoms with Crippen molar-refractivity contribution in [3.63, 3.8) is 0 Å². The van der Waals surface area contributed by atoms with Gasteiger partial charge in [-0.15, -0.1) is 0 Å². The Hall–Kier alpha value is -1.56. The van der Waals surface area contributed by atoms with Gasteiger partial charge in [0.1, 0.15) is 0 Å².